The van der Waals surface area contributed by atoms with E-state index in [9.17, 15) is 13.2 Å². The summed E-state index contributed by atoms with van der Waals surface area (Å²) in [5.74, 6) is -0.0369. The van der Waals surface area contributed by atoms with Gasteiger partial charge < -0.3 is 10.1 Å². The zero-order chi connectivity index (χ0) is 15.8. The van der Waals surface area contributed by atoms with Crippen molar-refractivity contribution in [2.45, 2.75) is 30.7 Å². The van der Waals surface area contributed by atoms with Gasteiger partial charge in [-0.3, -0.25) is 4.79 Å². The van der Waals surface area contributed by atoms with E-state index in [-0.39, 0.29) is 27.3 Å². The highest BCUT2D eigenvalue weighted by Crippen LogP contribution is 2.35. The summed E-state index contributed by atoms with van der Waals surface area (Å²) in [5, 5.41) is 8.07. The first-order valence-corrected chi connectivity index (χ1v) is 8.41. The summed E-state index contributed by atoms with van der Waals surface area (Å²) >= 11 is 5.88. The Kier molecular flexibility index (Phi) is 4.46. The molecule has 1 amide bonds. The number of sulfonamides is 1. The first kappa shape index (κ1) is 16.1. The van der Waals surface area contributed by atoms with Crippen molar-refractivity contribution in [3.05, 3.63) is 22.7 Å². The van der Waals surface area contributed by atoms with E-state index >= 15 is 0 Å². The van der Waals surface area contributed by atoms with Crippen LogP contribution in [0.2, 0.25) is 5.02 Å². The van der Waals surface area contributed by atoms with Gasteiger partial charge in [-0.05, 0) is 24.5 Å². The van der Waals surface area contributed by atoms with Crippen molar-refractivity contribution in [2.75, 3.05) is 7.11 Å². The highest BCUT2D eigenvalue weighted by atomic mass is 35.5. The molecule has 2 rings (SSSR count). The number of carbonyl (C=O) groups is 1. The van der Waals surface area contributed by atoms with Gasteiger partial charge in [0.25, 0.3) is 5.91 Å². The van der Waals surface area contributed by atoms with Crippen LogP contribution in [0.4, 0.5) is 0 Å². The van der Waals surface area contributed by atoms with Crippen molar-refractivity contribution in [3.8, 4) is 5.75 Å². The maximum absolute atomic E-state index is 12.3. The van der Waals surface area contributed by atoms with Crippen molar-refractivity contribution < 1.29 is 17.9 Å². The summed E-state index contributed by atoms with van der Waals surface area (Å²) < 4.78 is 28.2. The number of carbonyl (C=O) groups excluding carboxylic acids is 1. The van der Waals surface area contributed by atoms with Crippen LogP contribution in [-0.4, -0.2) is 27.5 Å². The van der Waals surface area contributed by atoms with Crippen LogP contribution in [0, 0.1) is 5.92 Å². The van der Waals surface area contributed by atoms with E-state index in [4.69, 9.17) is 21.5 Å². The Labute approximate surface area is 128 Å². The van der Waals surface area contributed by atoms with Crippen LogP contribution >= 0.6 is 11.6 Å². The number of amides is 1. The monoisotopic (exact) mass is 332 g/mol. The second-order valence-electron chi connectivity index (χ2n) is 5.01. The number of ether oxygens (including phenoxy) is 1. The molecule has 0 aromatic heterocycles. The van der Waals surface area contributed by atoms with Gasteiger partial charge >= 0.3 is 0 Å². The van der Waals surface area contributed by atoms with Gasteiger partial charge in [-0.1, -0.05) is 24.9 Å². The van der Waals surface area contributed by atoms with E-state index in [0.717, 1.165) is 12.8 Å². The van der Waals surface area contributed by atoms with Crippen molar-refractivity contribution in [1.29, 1.82) is 0 Å². The zero-order valence-electron chi connectivity index (χ0n) is 11.7. The average Bonchev–Trinajstić information content (AvgIpc) is 3.15. The maximum atomic E-state index is 12.3. The van der Waals surface area contributed by atoms with Crippen molar-refractivity contribution in [2.24, 2.45) is 11.1 Å². The Balaban J connectivity index is 2.39. The highest BCUT2D eigenvalue weighted by molar-refractivity contribution is 7.89. The molecule has 0 bridgehead atoms. The van der Waals surface area contributed by atoms with Gasteiger partial charge in [0.15, 0.2) is 5.75 Å². The molecule has 2 unspecified atom stereocenters. The van der Waals surface area contributed by atoms with E-state index in [0.29, 0.717) is 5.92 Å². The Morgan fingerprint density at radius 3 is 2.67 bits per heavy atom. The number of benzene rings is 1. The first-order chi connectivity index (χ1) is 9.77. The quantitative estimate of drug-likeness (QED) is 0.854. The lowest BCUT2D eigenvalue weighted by atomic mass is 10.2. The van der Waals surface area contributed by atoms with Gasteiger partial charge in [-0.25, -0.2) is 13.6 Å². The van der Waals surface area contributed by atoms with Crippen LogP contribution in [0.3, 0.4) is 0 Å². The number of primary sulfonamides is 1. The summed E-state index contributed by atoms with van der Waals surface area (Å²) in [6.07, 6.45) is 1.91. The molecule has 1 aliphatic rings. The molecule has 8 heteroatoms. The lowest BCUT2D eigenvalue weighted by Crippen LogP contribution is -2.28. The van der Waals surface area contributed by atoms with E-state index in [2.05, 4.69) is 12.2 Å². The van der Waals surface area contributed by atoms with E-state index in [1.54, 1.807) is 0 Å². The third-order valence-electron chi connectivity index (χ3n) is 3.54. The standard InChI is InChI=1S/C13H17ClN2O4S/c1-3-7-4-10(7)16-13(17)9-5-8(14)6-11(12(9)20-2)21(15,18)19/h5-7,10H,3-4H2,1-2H3,(H,16,17)(H2,15,18,19). The minimum Gasteiger partial charge on any atom is -0.494 e. The number of methoxy groups -OCH3 is 1. The van der Waals surface area contributed by atoms with Crippen molar-refractivity contribution in [3.63, 3.8) is 0 Å². The second-order valence-corrected chi connectivity index (χ2v) is 6.98. The SMILES string of the molecule is CCC1CC1NC(=O)c1cc(Cl)cc(S(N)(=O)=O)c1OC. The van der Waals surface area contributed by atoms with Gasteiger partial charge in [0.05, 0.1) is 12.7 Å². The third kappa shape index (κ3) is 3.48. The van der Waals surface area contributed by atoms with Gasteiger partial charge in [-0.2, -0.15) is 0 Å². The number of hydrogen-bond acceptors (Lipinski definition) is 4. The summed E-state index contributed by atoms with van der Waals surface area (Å²) in [6.45, 7) is 2.05. The van der Waals surface area contributed by atoms with Crippen LogP contribution in [0.15, 0.2) is 17.0 Å². The first-order valence-electron chi connectivity index (χ1n) is 6.49. The molecule has 1 saturated carbocycles. The minimum absolute atomic E-state index is 0.0655. The Bertz CT molecular complexity index is 675. The second kappa shape index (κ2) is 5.82. The minimum atomic E-state index is -4.04. The number of rotatable bonds is 5. The number of hydrogen-bond donors (Lipinski definition) is 2. The number of nitrogens with two attached hydrogens (primary N) is 1. The Morgan fingerprint density at radius 2 is 2.19 bits per heavy atom. The molecule has 6 nitrogen and oxygen atoms in total. The molecule has 2 atom stereocenters. The summed E-state index contributed by atoms with van der Waals surface area (Å²) in [4.78, 5) is 12.0. The van der Waals surface area contributed by atoms with Gasteiger partial charge in [0.1, 0.15) is 4.90 Å². The molecular formula is C13H17ClN2O4S. The Morgan fingerprint density at radius 1 is 1.52 bits per heavy atom. The zero-order valence-corrected chi connectivity index (χ0v) is 13.3. The molecule has 116 valence electrons. The molecule has 0 radical (unpaired) electrons. The number of nitrogens with one attached hydrogen (secondary N) is 1. The smallest absolute Gasteiger partial charge is 0.255 e. The average molecular weight is 333 g/mol. The lowest BCUT2D eigenvalue weighted by molar-refractivity contribution is 0.0945. The molecule has 1 aromatic rings. The molecule has 1 fully saturated rings. The van der Waals surface area contributed by atoms with Crippen LogP contribution in [-0.2, 0) is 10.0 Å². The topological polar surface area (TPSA) is 98.5 Å². The largest absolute Gasteiger partial charge is 0.494 e. The normalized spacial score (nSPS) is 21.0. The summed E-state index contributed by atoms with van der Waals surface area (Å²) in [5.41, 5.74) is 0.0655. The van der Waals surface area contributed by atoms with Crippen molar-refractivity contribution >= 4 is 27.5 Å². The predicted octanol–water partition coefficient (Wildman–Crippen LogP) is 1.52. The fourth-order valence-corrected chi connectivity index (χ4v) is 3.31. The molecular weight excluding hydrogens is 316 g/mol. The van der Waals surface area contributed by atoms with Crippen LogP contribution < -0.4 is 15.2 Å². The Hall–Kier alpha value is -1.31. The molecule has 21 heavy (non-hydrogen) atoms. The predicted molar refractivity (Wildman–Crippen MR) is 79.0 cm³/mol. The lowest BCUT2D eigenvalue weighted by Gasteiger charge is -2.13. The van der Waals surface area contributed by atoms with Crippen LogP contribution in [0.25, 0.3) is 0 Å². The maximum Gasteiger partial charge on any atom is 0.255 e. The molecule has 1 aliphatic carbocycles. The van der Waals surface area contributed by atoms with Crippen LogP contribution in [0.1, 0.15) is 30.1 Å². The fraction of sp³-hybridized carbons (Fsp3) is 0.462. The highest BCUT2D eigenvalue weighted by Gasteiger charge is 2.37. The molecule has 0 heterocycles. The van der Waals surface area contributed by atoms with Gasteiger partial charge in [0.2, 0.25) is 10.0 Å². The van der Waals surface area contributed by atoms with Crippen molar-refractivity contribution in [1.82, 2.24) is 5.32 Å². The molecule has 0 saturated heterocycles. The van der Waals surface area contributed by atoms with E-state index < -0.39 is 15.9 Å². The fourth-order valence-electron chi connectivity index (χ4n) is 2.28. The molecule has 0 spiro atoms. The molecule has 1 aromatic carbocycles. The van der Waals surface area contributed by atoms with Crippen LogP contribution in [0.5, 0.6) is 5.75 Å². The number of halogens is 1. The third-order valence-corrected chi connectivity index (χ3v) is 4.67. The van der Waals surface area contributed by atoms with Gasteiger partial charge in [0, 0.05) is 11.1 Å². The molecule has 3 N–H and O–H groups in total. The summed E-state index contributed by atoms with van der Waals surface area (Å²) in [6, 6.07) is 2.65. The van der Waals surface area contributed by atoms with E-state index in [1.807, 2.05) is 0 Å². The summed E-state index contributed by atoms with van der Waals surface area (Å²) in [7, 11) is -2.76. The van der Waals surface area contributed by atoms with Gasteiger partial charge in [-0.15, -0.1) is 0 Å². The molecule has 0 aliphatic heterocycles. The van der Waals surface area contributed by atoms with E-state index in [1.165, 1.54) is 19.2 Å².